The van der Waals surface area contributed by atoms with Gasteiger partial charge in [0.25, 0.3) is 12.3 Å². The number of anilines is 1. The summed E-state index contributed by atoms with van der Waals surface area (Å²) < 4.78 is 25.5. The zero-order valence-corrected chi connectivity index (χ0v) is 15.0. The third-order valence-electron chi connectivity index (χ3n) is 3.72. The number of aromatic nitrogens is 4. The van der Waals surface area contributed by atoms with Gasteiger partial charge in [-0.15, -0.1) is 10.2 Å². The summed E-state index contributed by atoms with van der Waals surface area (Å²) in [5, 5.41) is 12.0. The van der Waals surface area contributed by atoms with Crippen molar-refractivity contribution in [2.45, 2.75) is 6.43 Å². The topological polar surface area (TPSA) is 83.6 Å². The van der Waals surface area contributed by atoms with Gasteiger partial charge in [0.05, 0.1) is 16.1 Å². The lowest BCUT2D eigenvalue weighted by molar-refractivity contribution is 0.102. The van der Waals surface area contributed by atoms with Gasteiger partial charge in [0.15, 0.2) is 10.8 Å². The van der Waals surface area contributed by atoms with Crippen LogP contribution in [0.4, 0.5) is 13.9 Å². The van der Waals surface area contributed by atoms with E-state index in [0.29, 0.717) is 26.2 Å². The third kappa shape index (κ3) is 3.51. The van der Waals surface area contributed by atoms with Crippen molar-refractivity contribution >= 4 is 45.0 Å². The first-order chi connectivity index (χ1) is 13.0. The van der Waals surface area contributed by atoms with Crippen LogP contribution >= 0.6 is 22.9 Å². The van der Waals surface area contributed by atoms with Crippen LogP contribution < -0.4 is 5.32 Å². The highest BCUT2D eigenvalue weighted by molar-refractivity contribution is 7.18. The molecule has 4 aromatic rings. The first-order valence-corrected chi connectivity index (χ1v) is 8.88. The zero-order chi connectivity index (χ0) is 19.0. The average molecular weight is 406 g/mol. The predicted molar refractivity (Wildman–Crippen MR) is 99.4 cm³/mol. The Hall–Kier alpha value is -2.91. The molecule has 4 rings (SSSR count). The molecule has 2 N–H and O–H groups in total. The largest absolute Gasteiger partial charge is 0.337 e. The molecule has 0 aliphatic heterocycles. The Morgan fingerprint density at radius 1 is 1.19 bits per heavy atom. The van der Waals surface area contributed by atoms with Crippen molar-refractivity contribution in [2.24, 2.45) is 0 Å². The van der Waals surface area contributed by atoms with Crippen LogP contribution in [0.15, 0.2) is 42.5 Å². The number of hydrogen-bond acceptors (Lipinski definition) is 5. The van der Waals surface area contributed by atoms with E-state index in [1.165, 1.54) is 29.5 Å². The van der Waals surface area contributed by atoms with Gasteiger partial charge >= 0.3 is 0 Å². The number of fused-ring (bicyclic) bond motifs is 1. The SMILES string of the molecule is O=C(Nc1nnc(-c2ccccc2Cl)s1)c1ccc2nc(C(F)F)[nH]c2c1. The number of nitrogens with one attached hydrogen (secondary N) is 2. The Morgan fingerprint density at radius 3 is 2.78 bits per heavy atom. The fraction of sp³-hybridized carbons (Fsp3) is 0.0588. The van der Waals surface area contributed by atoms with E-state index in [9.17, 15) is 13.6 Å². The van der Waals surface area contributed by atoms with E-state index in [1.807, 2.05) is 6.07 Å². The Morgan fingerprint density at radius 2 is 2.00 bits per heavy atom. The van der Waals surface area contributed by atoms with E-state index >= 15 is 0 Å². The molecule has 0 unspecified atom stereocenters. The highest BCUT2D eigenvalue weighted by Gasteiger charge is 2.16. The minimum Gasteiger partial charge on any atom is -0.337 e. The molecule has 0 fully saturated rings. The summed E-state index contributed by atoms with van der Waals surface area (Å²) in [7, 11) is 0. The Labute approximate surface area is 160 Å². The van der Waals surface area contributed by atoms with Gasteiger partial charge in [0, 0.05) is 11.1 Å². The zero-order valence-electron chi connectivity index (χ0n) is 13.4. The molecule has 0 saturated carbocycles. The number of carbonyl (C=O) groups is 1. The average Bonchev–Trinajstić information content (AvgIpc) is 3.28. The molecule has 2 aromatic carbocycles. The summed E-state index contributed by atoms with van der Waals surface area (Å²) in [6.45, 7) is 0. The Balaban J connectivity index is 1.56. The number of H-pyrrole nitrogens is 1. The standard InChI is InChI=1S/C17H10ClF2N5OS/c18-10-4-2-1-3-9(10)16-24-25-17(27-16)23-15(26)8-5-6-11-12(7-8)22-14(21-11)13(19)20/h1-7,13H,(H,21,22)(H,23,25,26). The summed E-state index contributed by atoms with van der Waals surface area (Å²) >= 11 is 7.31. The molecule has 0 aliphatic rings. The Bertz CT molecular complexity index is 1140. The van der Waals surface area contributed by atoms with Crippen molar-refractivity contribution in [3.05, 3.63) is 58.9 Å². The second-order valence-corrected chi connectivity index (χ2v) is 6.89. The summed E-state index contributed by atoms with van der Waals surface area (Å²) in [5.41, 5.74) is 1.71. The summed E-state index contributed by atoms with van der Waals surface area (Å²) in [6.07, 6.45) is -2.71. The van der Waals surface area contributed by atoms with Gasteiger partial charge in [-0.05, 0) is 24.3 Å². The summed E-state index contributed by atoms with van der Waals surface area (Å²) in [5.74, 6) is -0.872. The van der Waals surface area contributed by atoms with Crippen LogP contribution in [0.2, 0.25) is 5.02 Å². The molecule has 0 saturated heterocycles. The fourth-order valence-electron chi connectivity index (χ4n) is 2.46. The molecule has 10 heteroatoms. The van der Waals surface area contributed by atoms with Crippen LogP contribution in [0, 0.1) is 0 Å². The fourth-order valence-corrected chi connectivity index (χ4v) is 3.52. The van der Waals surface area contributed by atoms with Gasteiger partial charge in [-0.25, -0.2) is 13.8 Å². The minimum atomic E-state index is -2.71. The van der Waals surface area contributed by atoms with Crippen LogP contribution in [0.3, 0.4) is 0 Å². The molecule has 136 valence electrons. The number of nitrogens with zero attached hydrogens (tertiary/aromatic N) is 3. The number of rotatable bonds is 4. The monoisotopic (exact) mass is 405 g/mol. The molecule has 0 aliphatic carbocycles. The molecule has 2 heterocycles. The number of benzene rings is 2. The number of alkyl halides is 2. The van der Waals surface area contributed by atoms with Gasteiger partial charge in [0.1, 0.15) is 0 Å². The number of halogens is 3. The van der Waals surface area contributed by atoms with E-state index in [-0.39, 0.29) is 5.56 Å². The molecule has 6 nitrogen and oxygen atoms in total. The van der Waals surface area contributed by atoms with Gasteiger partial charge in [-0.1, -0.05) is 41.1 Å². The van der Waals surface area contributed by atoms with E-state index in [2.05, 4.69) is 25.5 Å². The third-order valence-corrected chi connectivity index (χ3v) is 4.92. The van der Waals surface area contributed by atoms with E-state index in [0.717, 1.165) is 5.56 Å². The van der Waals surface area contributed by atoms with E-state index in [1.54, 1.807) is 18.2 Å². The lowest BCUT2D eigenvalue weighted by Crippen LogP contribution is -2.11. The maximum atomic E-state index is 12.7. The quantitative estimate of drug-likeness (QED) is 0.504. The summed E-state index contributed by atoms with van der Waals surface area (Å²) in [4.78, 5) is 18.7. The van der Waals surface area contributed by atoms with Crippen molar-refractivity contribution in [3.63, 3.8) is 0 Å². The molecule has 2 aromatic heterocycles. The molecule has 0 atom stereocenters. The van der Waals surface area contributed by atoms with Crippen molar-refractivity contribution in [2.75, 3.05) is 5.32 Å². The maximum Gasteiger partial charge on any atom is 0.295 e. The lowest BCUT2D eigenvalue weighted by atomic mass is 10.2. The number of imidazole rings is 1. The molecule has 0 radical (unpaired) electrons. The van der Waals surface area contributed by atoms with E-state index in [4.69, 9.17) is 11.6 Å². The van der Waals surface area contributed by atoms with Gasteiger partial charge in [0.2, 0.25) is 5.13 Å². The molecule has 27 heavy (non-hydrogen) atoms. The molecule has 0 bridgehead atoms. The lowest BCUT2D eigenvalue weighted by Gasteiger charge is -2.01. The van der Waals surface area contributed by atoms with Crippen LogP contribution in [0.5, 0.6) is 0 Å². The van der Waals surface area contributed by atoms with Crippen molar-refractivity contribution in [1.82, 2.24) is 20.2 Å². The predicted octanol–water partition coefficient (Wildman–Crippen LogP) is 4.92. The second kappa shape index (κ2) is 7.01. The minimum absolute atomic E-state index is 0.279. The highest BCUT2D eigenvalue weighted by atomic mass is 35.5. The van der Waals surface area contributed by atoms with Gasteiger partial charge in [-0.2, -0.15) is 0 Å². The van der Waals surface area contributed by atoms with Crippen LogP contribution in [-0.4, -0.2) is 26.1 Å². The van der Waals surface area contributed by atoms with Crippen LogP contribution in [0.1, 0.15) is 22.6 Å². The van der Waals surface area contributed by atoms with Crippen molar-refractivity contribution in [3.8, 4) is 10.6 Å². The van der Waals surface area contributed by atoms with Gasteiger partial charge in [-0.3, -0.25) is 10.1 Å². The smallest absolute Gasteiger partial charge is 0.295 e. The second-order valence-electron chi connectivity index (χ2n) is 5.50. The molecule has 1 amide bonds. The highest BCUT2D eigenvalue weighted by Crippen LogP contribution is 2.31. The molecular formula is C17H10ClF2N5OS. The first kappa shape index (κ1) is 17.5. The number of carbonyl (C=O) groups excluding carboxylic acids is 1. The van der Waals surface area contributed by atoms with E-state index < -0.39 is 18.2 Å². The van der Waals surface area contributed by atoms with Crippen molar-refractivity contribution in [1.29, 1.82) is 0 Å². The maximum absolute atomic E-state index is 12.7. The number of amides is 1. The Kier molecular flexibility index (Phi) is 4.54. The van der Waals surface area contributed by atoms with Crippen molar-refractivity contribution < 1.29 is 13.6 Å². The summed E-state index contributed by atoms with van der Waals surface area (Å²) in [6, 6.07) is 11.6. The van der Waals surface area contributed by atoms with Crippen LogP contribution in [0.25, 0.3) is 21.6 Å². The number of aromatic amines is 1. The normalized spacial score (nSPS) is 11.3. The molecule has 0 spiro atoms. The first-order valence-electron chi connectivity index (χ1n) is 7.69. The van der Waals surface area contributed by atoms with Crippen LogP contribution in [-0.2, 0) is 0 Å². The number of hydrogen-bond donors (Lipinski definition) is 2. The molecular weight excluding hydrogens is 396 g/mol. The van der Waals surface area contributed by atoms with Gasteiger partial charge < -0.3 is 4.98 Å².